The van der Waals surface area contributed by atoms with Crippen molar-refractivity contribution in [2.24, 2.45) is 5.92 Å². The zero-order valence-corrected chi connectivity index (χ0v) is 33.8. The van der Waals surface area contributed by atoms with E-state index in [9.17, 15) is 29.7 Å². The van der Waals surface area contributed by atoms with Crippen LogP contribution in [0.4, 0.5) is 4.79 Å². The Kier molecular flexibility index (Phi) is 12.8. The second-order valence-electron chi connectivity index (χ2n) is 15.9. The molecule has 6 N–H and O–H groups in total. The first kappa shape index (κ1) is 41.3. The molecule has 3 atom stereocenters. The molecule has 1 aromatic heterocycles. The third kappa shape index (κ3) is 9.95. The van der Waals surface area contributed by atoms with Crippen molar-refractivity contribution in [2.75, 3.05) is 32.7 Å². The zero-order chi connectivity index (χ0) is 42.3. The van der Waals surface area contributed by atoms with Crippen LogP contribution in [0.5, 0.6) is 11.5 Å². The van der Waals surface area contributed by atoms with Crippen molar-refractivity contribution in [1.82, 2.24) is 20.5 Å². The molecule has 2 bridgehead atoms. The van der Waals surface area contributed by atoms with Gasteiger partial charge in [-0.15, -0.1) is 0 Å². The highest BCUT2D eigenvalue weighted by Crippen LogP contribution is 2.32. The van der Waals surface area contributed by atoms with Gasteiger partial charge in [0.25, 0.3) is 0 Å². The number of hydrogen-bond donors (Lipinski definition) is 6. The lowest BCUT2D eigenvalue weighted by molar-refractivity contribution is -0.0336. The van der Waals surface area contributed by atoms with E-state index in [4.69, 9.17) is 9.47 Å². The average molecular weight is 823 g/mol. The van der Waals surface area contributed by atoms with Gasteiger partial charge in [-0.2, -0.15) is 0 Å². The topological polar surface area (TPSA) is 173 Å². The van der Waals surface area contributed by atoms with Crippen LogP contribution >= 0.6 is 0 Å². The molecule has 3 fully saturated rings. The molecule has 9 rings (SSSR count). The molecule has 0 spiro atoms. The summed E-state index contributed by atoms with van der Waals surface area (Å²) in [7, 11) is 0. The number of benzene rings is 5. The molecule has 12 heteroatoms. The summed E-state index contributed by atoms with van der Waals surface area (Å²) in [6.07, 6.45) is 1.84. The van der Waals surface area contributed by atoms with E-state index in [-0.39, 0.29) is 41.6 Å². The molecule has 5 aromatic carbocycles. The highest BCUT2D eigenvalue weighted by molar-refractivity contribution is 5.88. The van der Waals surface area contributed by atoms with Crippen molar-refractivity contribution in [2.45, 2.75) is 50.5 Å². The predicted octanol–water partition coefficient (Wildman–Crippen LogP) is 6.88. The zero-order valence-electron chi connectivity index (χ0n) is 33.8. The second-order valence-corrected chi connectivity index (χ2v) is 15.9. The number of pyridine rings is 1. The number of carbonyl (C=O) groups excluding carboxylic acids is 1. The number of aromatic amines is 1. The summed E-state index contributed by atoms with van der Waals surface area (Å²) in [4.78, 5) is 42.3. The number of H-pyrrole nitrogens is 1. The van der Waals surface area contributed by atoms with E-state index in [0.717, 1.165) is 65.9 Å². The fourth-order valence-corrected chi connectivity index (χ4v) is 8.65. The number of nitrogens with one attached hydrogen (secondary N) is 3. The Bertz CT molecular complexity index is 2550. The number of nitrogens with zero attached hydrogens (tertiary/aromatic N) is 1. The van der Waals surface area contributed by atoms with Crippen LogP contribution < -0.4 is 20.9 Å². The maximum absolute atomic E-state index is 13.4. The Labute approximate surface area is 353 Å². The lowest BCUT2D eigenvalue weighted by Crippen LogP contribution is -2.52. The van der Waals surface area contributed by atoms with Crippen molar-refractivity contribution in [3.63, 3.8) is 0 Å². The van der Waals surface area contributed by atoms with Crippen LogP contribution in [-0.2, 0) is 24.2 Å². The number of carboxylic acids is 1. The van der Waals surface area contributed by atoms with E-state index in [0.29, 0.717) is 42.0 Å². The Morgan fingerprint density at radius 1 is 0.820 bits per heavy atom. The van der Waals surface area contributed by atoms with Crippen molar-refractivity contribution < 1.29 is 34.4 Å². The van der Waals surface area contributed by atoms with Crippen LogP contribution in [0.1, 0.15) is 74.3 Å². The van der Waals surface area contributed by atoms with E-state index in [1.807, 2.05) is 72.8 Å². The Morgan fingerprint density at radius 2 is 1.57 bits per heavy atom. The predicted molar refractivity (Wildman–Crippen MR) is 232 cm³/mol. The smallest absolute Gasteiger partial charge is 0.408 e. The molecule has 4 heterocycles. The largest absolute Gasteiger partial charge is 0.506 e. The molecule has 3 aliphatic rings. The monoisotopic (exact) mass is 822 g/mol. The minimum absolute atomic E-state index is 0.0608. The minimum Gasteiger partial charge on any atom is -0.506 e. The number of aromatic nitrogens is 1. The highest BCUT2D eigenvalue weighted by Gasteiger charge is 2.37. The van der Waals surface area contributed by atoms with Crippen molar-refractivity contribution >= 4 is 23.0 Å². The average Bonchev–Trinajstić information content (AvgIpc) is 3.28. The van der Waals surface area contributed by atoms with Gasteiger partial charge in [-0.05, 0) is 127 Å². The number of carboxylic acid groups (broad SMARTS) is 1. The van der Waals surface area contributed by atoms with Gasteiger partial charge in [0.15, 0.2) is 0 Å². The number of aliphatic hydroxyl groups is 1. The lowest BCUT2D eigenvalue weighted by Gasteiger charge is -2.43. The fourth-order valence-electron chi connectivity index (χ4n) is 8.65. The summed E-state index contributed by atoms with van der Waals surface area (Å²) in [5.41, 5.74) is 6.26. The van der Waals surface area contributed by atoms with Gasteiger partial charge in [0.05, 0.1) is 23.2 Å². The number of aromatic hydroxyl groups is 1. The molecular formula is C49H50N4O8. The van der Waals surface area contributed by atoms with E-state index in [2.05, 4.69) is 32.7 Å². The first-order valence-corrected chi connectivity index (χ1v) is 20.8. The van der Waals surface area contributed by atoms with Gasteiger partial charge >= 0.3 is 12.1 Å². The standard InChI is InChI=1S/C49H50N4O8/c54-42-17-15-40(41-16-18-45(56)51-47(41)42)43(55)28-50-22-19-31-7-4-5-10-34(31)25-35-13-14-37(48(57)58)26-38(35)30-60-39-12-6-11-36(27-39)46(33-8-2-1-3-9-33)52-49(59)61-44-29-53-23-20-32(44)21-24-53/h1-18,26-27,32,43-44,46,50,54-55H,19-25,28-30H2,(H,51,56)(H,52,59)(H,57,58)/t43-,44-,46-/m0/s1. The third-order valence-electron chi connectivity index (χ3n) is 12.0. The maximum atomic E-state index is 13.4. The molecule has 6 aromatic rings. The summed E-state index contributed by atoms with van der Waals surface area (Å²) in [5.74, 6) is -0.132. The number of aliphatic hydroxyl groups excluding tert-OH is 1. The molecule has 0 saturated carbocycles. The van der Waals surface area contributed by atoms with Crippen LogP contribution in [0.15, 0.2) is 126 Å². The van der Waals surface area contributed by atoms with E-state index >= 15 is 0 Å². The molecule has 0 unspecified atom stereocenters. The Balaban J connectivity index is 0.938. The van der Waals surface area contributed by atoms with E-state index < -0.39 is 24.2 Å². The lowest BCUT2D eigenvalue weighted by atomic mass is 9.86. The Morgan fingerprint density at radius 3 is 2.34 bits per heavy atom. The minimum atomic E-state index is -1.03. The number of phenolic OH excluding ortho intramolecular Hbond substituents is 1. The molecule has 1 amide bonds. The van der Waals surface area contributed by atoms with Gasteiger partial charge in [-0.25, -0.2) is 9.59 Å². The summed E-state index contributed by atoms with van der Waals surface area (Å²) in [6, 6.07) is 36.1. The highest BCUT2D eigenvalue weighted by atomic mass is 16.6. The number of amides is 1. The van der Waals surface area contributed by atoms with Crippen LogP contribution in [0.25, 0.3) is 10.9 Å². The number of phenols is 1. The number of aromatic carboxylic acids is 1. The fraction of sp³-hybridized carbons (Fsp3) is 0.286. The van der Waals surface area contributed by atoms with Gasteiger partial charge in [-0.1, -0.05) is 78.9 Å². The second kappa shape index (κ2) is 18.8. The molecule has 0 radical (unpaired) electrons. The number of rotatable bonds is 16. The summed E-state index contributed by atoms with van der Waals surface area (Å²) < 4.78 is 12.4. The quantitative estimate of drug-likeness (QED) is 0.0566. The van der Waals surface area contributed by atoms with Crippen LogP contribution in [0.3, 0.4) is 0 Å². The molecular weight excluding hydrogens is 773 g/mol. The molecule has 61 heavy (non-hydrogen) atoms. The molecule has 12 nitrogen and oxygen atoms in total. The summed E-state index contributed by atoms with van der Waals surface area (Å²) >= 11 is 0. The molecule has 0 aliphatic carbocycles. The van der Waals surface area contributed by atoms with Gasteiger partial charge in [0.1, 0.15) is 24.2 Å². The summed E-state index contributed by atoms with van der Waals surface area (Å²) in [5, 5.41) is 38.2. The van der Waals surface area contributed by atoms with E-state index in [1.54, 1.807) is 24.3 Å². The number of alkyl carbamates (subject to hydrolysis) is 1. The first-order valence-electron chi connectivity index (χ1n) is 20.8. The van der Waals surface area contributed by atoms with Gasteiger partial charge in [0, 0.05) is 24.5 Å². The molecule has 314 valence electrons. The third-order valence-corrected chi connectivity index (χ3v) is 12.0. The number of hydrogen-bond acceptors (Lipinski definition) is 9. The number of carbonyl (C=O) groups is 2. The Hall–Kier alpha value is -6.47. The first-order chi connectivity index (χ1) is 29.7. The number of piperidine rings is 3. The SMILES string of the molecule is O=C(N[C@@H](c1ccccc1)c1cccc(OCc2cc(C(=O)O)ccc2Cc2ccccc2CCNC[C@H](O)c2ccc(O)c3[nH]c(=O)ccc23)c1)O[C@H]1CN2CCC1CC2. The van der Waals surface area contributed by atoms with E-state index in [1.165, 1.54) is 12.1 Å². The molecule has 3 aliphatic heterocycles. The van der Waals surface area contributed by atoms with Gasteiger partial charge in [-0.3, -0.25) is 9.69 Å². The van der Waals surface area contributed by atoms with Crippen molar-refractivity contribution in [3.05, 3.63) is 176 Å². The molecule has 3 saturated heterocycles. The summed E-state index contributed by atoms with van der Waals surface area (Å²) in [6.45, 7) is 3.83. The van der Waals surface area contributed by atoms with Crippen molar-refractivity contribution in [1.29, 1.82) is 0 Å². The van der Waals surface area contributed by atoms with Crippen LogP contribution in [0, 0.1) is 5.92 Å². The van der Waals surface area contributed by atoms with Gasteiger partial charge in [0.2, 0.25) is 5.56 Å². The number of fused-ring (bicyclic) bond motifs is 4. The van der Waals surface area contributed by atoms with Crippen LogP contribution in [0.2, 0.25) is 0 Å². The van der Waals surface area contributed by atoms with Crippen LogP contribution in [-0.4, -0.2) is 76.1 Å². The van der Waals surface area contributed by atoms with Crippen molar-refractivity contribution in [3.8, 4) is 11.5 Å². The normalized spacial score (nSPS) is 18.0. The van der Waals surface area contributed by atoms with Gasteiger partial charge < -0.3 is 40.4 Å². The maximum Gasteiger partial charge on any atom is 0.408 e. The number of ether oxygens (including phenoxy) is 2.